The maximum absolute atomic E-state index is 11.8. The van der Waals surface area contributed by atoms with E-state index in [-0.39, 0.29) is 19.6 Å². The molecule has 0 radical (unpaired) electrons. The number of esters is 1. The number of hydrogen-bond donors (Lipinski definition) is 1. The summed E-state index contributed by atoms with van der Waals surface area (Å²) in [5.41, 5.74) is 1.67. The molecule has 0 spiro atoms. The fourth-order valence-corrected chi connectivity index (χ4v) is 2.00. The molecule has 0 aromatic heterocycles. The normalized spacial score (nSPS) is 11.0. The van der Waals surface area contributed by atoms with Crippen LogP contribution in [0.3, 0.4) is 0 Å². The maximum Gasteiger partial charge on any atom is 0.408 e. The van der Waals surface area contributed by atoms with E-state index in [1.165, 1.54) is 0 Å². The number of rotatable bonds is 7. The molecule has 2 aromatic carbocycles. The van der Waals surface area contributed by atoms with Crippen LogP contribution in [0.4, 0.5) is 4.79 Å². The second-order valence-electron chi connectivity index (χ2n) is 5.24. The highest BCUT2D eigenvalue weighted by atomic mass is 16.5. The number of hydrogen-bond acceptors (Lipinski definition) is 5. The van der Waals surface area contributed by atoms with Crippen LogP contribution in [-0.4, -0.2) is 18.1 Å². The minimum Gasteiger partial charge on any atom is -0.461 e. The predicted molar refractivity (Wildman–Crippen MR) is 90.0 cm³/mol. The highest BCUT2D eigenvalue weighted by Gasteiger charge is 2.17. The van der Waals surface area contributed by atoms with Crippen molar-refractivity contribution in [1.82, 2.24) is 5.32 Å². The number of nitriles is 1. The fourth-order valence-electron chi connectivity index (χ4n) is 2.00. The first-order valence-corrected chi connectivity index (χ1v) is 7.74. The van der Waals surface area contributed by atoms with Gasteiger partial charge in [0.05, 0.1) is 12.5 Å². The van der Waals surface area contributed by atoms with Crippen molar-refractivity contribution in [3.8, 4) is 6.07 Å². The van der Waals surface area contributed by atoms with Gasteiger partial charge in [0.1, 0.15) is 19.3 Å². The average molecular weight is 338 g/mol. The number of ether oxygens (including phenoxy) is 2. The van der Waals surface area contributed by atoms with Crippen LogP contribution in [0.25, 0.3) is 0 Å². The van der Waals surface area contributed by atoms with Crippen LogP contribution in [0.2, 0.25) is 0 Å². The monoisotopic (exact) mass is 338 g/mol. The number of carbonyl (C=O) groups is 2. The summed E-state index contributed by atoms with van der Waals surface area (Å²) in [5.74, 6) is -0.571. The van der Waals surface area contributed by atoms with Gasteiger partial charge in [0.25, 0.3) is 0 Å². The summed E-state index contributed by atoms with van der Waals surface area (Å²) >= 11 is 0. The quantitative estimate of drug-likeness (QED) is 0.784. The van der Waals surface area contributed by atoms with Crippen LogP contribution in [0, 0.1) is 11.3 Å². The van der Waals surface area contributed by atoms with Crippen LogP contribution in [0.5, 0.6) is 0 Å². The standard InChI is InChI=1S/C19H18N2O4/c20-12-17(11-18(22)24-13-15-7-3-1-4-8-15)21-19(23)25-14-16-9-5-2-6-10-16/h1-10,17H,11,13-14H2,(H,21,23)/t17-/m1/s1. The molecule has 2 rings (SSSR count). The van der Waals surface area contributed by atoms with Crippen molar-refractivity contribution in [1.29, 1.82) is 5.26 Å². The summed E-state index contributed by atoms with van der Waals surface area (Å²) in [4.78, 5) is 23.5. The van der Waals surface area contributed by atoms with E-state index in [4.69, 9.17) is 14.7 Å². The highest BCUT2D eigenvalue weighted by molar-refractivity contribution is 5.73. The Balaban J connectivity index is 1.72. The summed E-state index contributed by atoms with van der Waals surface area (Å²) in [6.07, 6.45) is -1.00. The number of alkyl carbamates (subject to hydrolysis) is 1. The lowest BCUT2D eigenvalue weighted by atomic mass is 10.2. The van der Waals surface area contributed by atoms with E-state index < -0.39 is 18.1 Å². The van der Waals surface area contributed by atoms with Crippen LogP contribution >= 0.6 is 0 Å². The van der Waals surface area contributed by atoms with Crippen molar-refractivity contribution in [3.05, 3.63) is 71.8 Å². The largest absolute Gasteiger partial charge is 0.461 e. The third kappa shape index (κ3) is 6.75. The first kappa shape index (κ1) is 18.0. The third-order valence-electron chi connectivity index (χ3n) is 3.27. The number of benzene rings is 2. The number of carbonyl (C=O) groups excluding carboxylic acids is 2. The zero-order valence-corrected chi connectivity index (χ0v) is 13.6. The molecule has 1 atom stereocenters. The van der Waals surface area contributed by atoms with Gasteiger partial charge in [0, 0.05) is 0 Å². The van der Waals surface area contributed by atoms with Gasteiger partial charge in [-0.05, 0) is 11.1 Å². The molecule has 25 heavy (non-hydrogen) atoms. The van der Waals surface area contributed by atoms with Gasteiger partial charge in [-0.25, -0.2) is 4.79 Å². The second kappa shape index (κ2) is 9.73. The molecule has 6 heteroatoms. The lowest BCUT2D eigenvalue weighted by Gasteiger charge is -2.12. The average Bonchev–Trinajstić information content (AvgIpc) is 2.66. The van der Waals surface area contributed by atoms with Crippen molar-refractivity contribution in [2.75, 3.05) is 0 Å². The smallest absolute Gasteiger partial charge is 0.408 e. The zero-order valence-electron chi connectivity index (χ0n) is 13.6. The molecule has 0 aliphatic heterocycles. The molecule has 0 aliphatic rings. The fraction of sp³-hybridized carbons (Fsp3) is 0.211. The molecule has 0 unspecified atom stereocenters. The minimum absolute atomic E-state index is 0.0866. The third-order valence-corrected chi connectivity index (χ3v) is 3.27. The van der Waals surface area contributed by atoms with Crippen LogP contribution in [-0.2, 0) is 27.5 Å². The van der Waals surface area contributed by atoms with E-state index in [0.29, 0.717) is 0 Å². The van der Waals surface area contributed by atoms with Crippen molar-refractivity contribution < 1.29 is 19.1 Å². The molecule has 0 saturated carbocycles. The van der Waals surface area contributed by atoms with Crippen molar-refractivity contribution in [2.24, 2.45) is 0 Å². The molecule has 0 heterocycles. The molecule has 0 saturated heterocycles. The first-order valence-electron chi connectivity index (χ1n) is 7.74. The summed E-state index contributed by atoms with van der Waals surface area (Å²) in [6.45, 7) is 0.208. The molecule has 0 fully saturated rings. The van der Waals surface area contributed by atoms with Gasteiger partial charge < -0.3 is 14.8 Å². The van der Waals surface area contributed by atoms with Gasteiger partial charge in [-0.15, -0.1) is 0 Å². The van der Waals surface area contributed by atoms with E-state index in [0.717, 1.165) is 11.1 Å². The van der Waals surface area contributed by atoms with Gasteiger partial charge in [-0.3, -0.25) is 4.79 Å². The zero-order chi connectivity index (χ0) is 17.9. The summed E-state index contributed by atoms with van der Waals surface area (Å²) in [5, 5.41) is 11.4. The Morgan fingerprint density at radius 1 is 0.920 bits per heavy atom. The lowest BCUT2D eigenvalue weighted by molar-refractivity contribution is -0.145. The van der Waals surface area contributed by atoms with Crippen LogP contribution < -0.4 is 5.32 Å². The Bertz CT molecular complexity index is 669. The van der Waals surface area contributed by atoms with Gasteiger partial charge in [0.2, 0.25) is 0 Å². The van der Waals surface area contributed by atoms with Gasteiger partial charge in [0.15, 0.2) is 0 Å². The number of nitrogens with one attached hydrogen (secondary N) is 1. The van der Waals surface area contributed by atoms with Crippen molar-refractivity contribution in [3.63, 3.8) is 0 Å². The van der Waals surface area contributed by atoms with Crippen LogP contribution in [0.1, 0.15) is 17.5 Å². The first-order chi connectivity index (χ1) is 12.2. The molecule has 1 amide bonds. The van der Waals surface area contributed by atoms with Crippen LogP contribution in [0.15, 0.2) is 60.7 Å². The molecule has 1 N–H and O–H groups in total. The Morgan fingerprint density at radius 3 is 1.96 bits per heavy atom. The second-order valence-corrected chi connectivity index (χ2v) is 5.24. The Labute approximate surface area is 146 Å². The summed E-state index contributed by atoms with van der Waals surface area (Å²) < 4.78 is 10.1. The molecule has 0 bridgehead atoms. The maximum atomic E-state index is 11.8. The van der Waals surface area contributed by atoms with Gasteiger partial charge >= 0.3 is 12.1 Å². The van der Waals surface area contributed by atoms with E-state index in [9.17, 15) is 9.59 Å². The van der Waals surface area contributed by atoms with Gasteiger partial charge in [-0.1, -0.05) is 60.7 Å². The Hall–Kier alpha value is -3.33. The summed E-state index contributed by atoms with van der Waals surface area (Å²) in [6, 6.07) is 19.2. The minimum atomic E-state index is -1.01. The molecular weight excluding hydrogens is 320 g/mol. The molecule has 2 aromatic rings. The number of amides is 1. The van der Waals surface area contributed by atoms with Gasteiger partial charge in [-0.2, -0.15) is 5.26 Å². The SMILES string of the molecule is N#C[C@@H](CC(=O)OCc1ccccc1)NC(=O)OCc1ccccc1. The lowest BCUT2D eigenvalue weighted by Crippen LogP contribution is -2.36. The van der Waals surface area contributed by atoms with E-state index >= 15 is 0 Å². The van der Waals surface area contributed by atoms with Crippen molar-refractivity contribution in [2.45, 2.75) is 25.7 Å². The Kier molecular flexibility index (Phi) is 7.01. The number of nitrogens with zero attached hydrogens (tertiary/aromatic N) is 1. The van der Waals surface area contributed by atoms with E-state index in [1.54, 1.807) is 0 Å². The van der Waals surface area contributed by atoms with E-state index in [2.05, 4.69) is 5.32 Å². The Morgan fingerprint density at radius 2 is 1.44 bits per heavy atom. The summed E-state index contributed by atoms with van der Waals surface area (Å²) in [7, 11) is 0. The van der Waals surface area contributed by atoms with Crippen molar-refractivity contribution >= 4 is 12.1 Å². The molecule has 0 aliphatic carbocycles. The van der Waals surface area contributed by atoms with E-state index in [1.807, 2.05) is 66.7 Å². The highest BCUT2D eigenvalue weighted by Crippen LogP contribution is 2.04. The molecular formula is C19H18N2O4. The molecule has 6 nitrogen and oxygen atoms in total. The predicted octanol–water partition coefficient (Wildman–Crippen LogP) is 2.94. The molecule has 128 valence electrons. The topological polar surface area (TPSA) is 88.4 Å².